The van der Waals surface area contributed by atoms with E-state index in [1.165, 1.54) is 19.1 Å². The molecular formula is C23H26N2O5. The lowest BCUT2D eigenvalue weighted by Crippen LogP contribution is -2.35. The Labute approximate surface area is 176 Å². The van der Waals surface area contributed by atoms with Gasteiger partial charge in [-0.25, -0.2) is 0 Å². The summed E-state index contributed by atoms with van der Waals surface area (Å²) in [5.74, 6) is -0.641. The van der Waals surface area contributed by atoms with Crippen LogP contribution in [0.2, 0.25) is 0 Å². The zero-order valence-electron chi connectivity index (χ0n) is 17.6. The smallest absolute Gasteiger partial charge is 0.295 e. The second-order valence-electron chi connectivity index (χ2n) is 7.28. The van der Waals surface area contributed by atoms with Crippen molar-refractivity contribution in [3.05, 3.63) is 65.2 Å². The standard InChI is InChI=1S/C23H26N2O5/c1-24(2)12-13-25-20(15-8-6-5-7-9-15)19(22(27)23(25)28)21(26)16-10-11-17(29-3)18(14-16)30-4/h5-11,14,20,26H,12-13H2,1-4H3/b21-19+/t20-/m0/s1. The summed E-state index contributed by atoms with van der Waals surface area (Å²) < 4.78 is 10.5. The van der Waals surface area contributed by atoms with Crippen molar-refractivity contribution in [1.82, 2.24) is 9.80 Å². The van der Waals surface area contributed by atoms with E-state index in [9.17, 15) is 14.7 Å². The van der Waals surface area contributed by atoms with Crippen molar-refractivity contribution in [3.8, 4) is 11.5 Å². The van der Waals surface area contributed by atoms with E-state index in [-0.39, 0.29) is 11.3 Å². The molecule has 0 bridgehead atoms. The van der Waals surface area contributed by atoms with E-state index in [1.807, 2.05) is 49.3 Å². The minimum atomic E-state index is -0.699. The lowest BCUT2D eigenvalue weighted by atomic mass is 9.95. The lowest BCUT2D eigenvalue weighted by molar-refractivity contribution is -0.140. The molecule has 0 spiro atoms. The third-order valence-corrected chi connectivity index (χ3v) is 5.10. The third kappa shape index (κ3) is 4.02. The Morgan fingerprint density at radius 3 is 2.30 bits per heavy atom. The molecule has 158 valence electrons. The highest BCUT2D eigenvalue weighted by molar-refractivity contribution is 6.46. The fraction of sp³-hybridized carbons (Fsp3) is 0.304. The van der Waals surface area contributed by atoms with Crippen LogP contribution in [0.25, 0.3) is 5.76 Å². The molecule has 1 amide bonds. The van der Waals surface area contributed by atoms with Gasteiger partial charge < -0.3 is 24.4 Å². The summed E-state index contributed by atoms with van der Waals surface area (Å²) in [5, 5.41) is 11.1. The Hall–Kier alpha value is -3.32. The SMILES string of the molecule is COc1ccc(/C(O)=C2\C(=O)C(=O)N(CCN(C)C)[C@H]2c2ccccc2)cc1OC. The van der Waals surface area contributed by atoms with Crippen molar-refractivity contribution in [1.29, 1.82) is 0 Å². The van der Waals surface area contributed by atoms with Crippen LogP contribution in [0.3, 0.4) is 0 Å². The Morgan fingerprint density at radius 2 is 1.70 bits per heavy atom. The highest BCUT2D eigenvalue weighted by atomic mass is 16.5. The number of ether oxygens (including phenoxy) is 2. The van der Waals surface area contributed by atoms with Gasteiger partial charge in [0.1, 0.15) is 5.76 Å². The van der Waals surface area contributed by atoms with Gasteiger partial charge in [0, 0.05) is 18.7 Å². The highest BCUT2D eigenvalue weighted by Crippen LogP contribution is 2.40. The molecule has 1 saturated heterocycles. The van der Waals surface area contributed by atoms with Gasteiger partial charge in [-0.1, -0.05) is 30.3 Å². The quantitative estimate of drug-likeness (QED) is 0.430. The zero-order valence-corrected chi connectivity index (χ0v) is 17.6. The van der Waals surface area contributed by atoms with Crippen LogP contribution in [0.1, 0.15) is 17.2 Å². The van der Waals surface area contributed by atoms with Crippen molar-refractivity contribution in [2.24, 2.45) is 0 Å². The number of carbonyl (C=O) groups is 2. The van der Waals surface area contributed by atoms with E-state index in [0.717, 1.165) is 5.56 Å². The number of hydrogen-bond acceptors (Lipinski definition) is 6. The Morgan fingerprint density at radius 1 is 1.03 bits per heavy atom. The number of aliphatic hydroxyl groups is 1. The van der Waals surface area contributed by atoms with Gasteiger partial charge in [-0.05, 0) is 37.9 Å². The molecule has 7 heteroatoms. The molecule has 2 aromatic carbocycles. The van der Waals surface area contributed by atoms with Crippen LogP contribution in [0.5, 0.6) is 11.5 Å². The molecule has 7 nitrogen and oxygen atoms in total. The predicted octanol–water partition coefficient (Wildman–Crippen LogP) is 2.69. The zero-order chi connectivity index (χ0) is 21.8. The lowest BCUT2D eigenvalue weighted by Gasteiger charge is -2.26. The van der Waals surface area contributed by atoms with Crippen LogP contribution in [0.4, 0.5) is 0 Å². The number of likely N-dealkylation sites (tertiary alicyclic amines) is 1. The molecule has 2 aromatic rings. The third-order valence-electron chi connectivity index (χ3n) is 5.10. The van der Waals surface area contributed by atoms with E-state index in [0.29, 0.717) is 30.2 Å². The minimum absolute atomic E-state index is 0.0668. The number of methoxy groups -OCH3 is 2. The number of nitrogens with zero attached hydrogens (tertiary/aromatic N) is 2. The van der Waals surface area contributed by atoms with E-state index in [4.69, 9.17) is 9.47 Å². The van der Waals surface area contributed by atoms with Crippen molar-refractivity contribution in [3.63, 3.8) is 0 Å². The molecule has 1 fully saturated rings. The molecule has 1 atom stereocenters. The highest BCUT2D eigenvalue weighted by Gasteiger charge is 2.45. The molecule has 0 saturated carbocycles. The van der Waals surface area contributed by atoms with Crippen LogP contribution >= 0.6 is 0 Å². The summed E-state index contributed by atoms with van der Waals surface area (Å²) in [6.07, 6.45) is 0. The van der Waals surface area contributed by atoms with Crippen molar-refractivity contribution in [2.45, 2.75) is 6.04 Å². The Bertz CT molecular complexity index is 969. The molecule has 0 radical (unpaired) electrons. The van der Waals surface area contributed by atoms with E-state index in [1.54, 1.807) is 18.2 Å². The second kappa shape index (κ2) is 9.00. The number of carbonyl (C=O) groups excluding carboxylic acids is 2. The molecule has 30 heavy (non-hydrogen) atoms. The molecular weight excluding hydrogens is 384 g/mol. The molecule has 0 aliphatic carbocycles. The summed E-state index contributed by atoms with van der Waals surface area (Å²) in [5.41, 5.74) is 1.20. The second-order valence-corrected chi connectivity index (χ2v) is 7.28. The number of Topliss-reactive ketones (excluding diaryl/α,β-unsaturated/α-hetero) is 1. The summed E-state index contributed by atoms with van der Waals surface area (Å²) >= 11 is 0. The first-order chi connectivity index (χ1) is 14.4. The van der Waals surface area contributed by atoms with E-state index in [2.05, 4.69) is 0 Å². The van der Waals surface area contributed by atoms with Gasteiger partial charge in [-0.2, -0.15) is 0 Å². The Kier molecular flexibility index (Phi) is 6.42. The number of rotatable bonds is 7. The maximum absolute atomic E-state index is 13.0. The number of aliphatic hydroxyl groups excluding tert-OH is 1. The molecule has 1 heterocycles. The summed E-state index contributed by atoms with van der Waals surface area (Å²) in [6.45, 7) is 0.951. The van der Waals surface area contributed by atoms with Crippen molar-refractivity contribution < 1.29 is 24.2 Å². The number of hydrogen-bond donors (Lipinski definition) is 1. The molecule has 1 aliphatic heterocycles. The number of benzene rings is 2. The molecule has 1 N–H and O–H groups in total. The summed E-state index contributed by atoms with van der Waals surface area (Å²) in [7, 11) is 6.81. The van der Waals surface area contributed by atoms with Gasteiger partial charge >= 0.3 is 0 Å². The van der Waals surface area contributed by atoms with Gasteiger partial charge in [0.25, 0.3) is 11.7 Å². The van der Waals surface area contributed by atoms with Gasteiger partial charge in [0.05, 0.1) is 25.8 Å². The monoisotopic (exact) mass is 410 g/mol. The molecule has 1 aliphatic rings. The topological polar surface area (TPSA) is 79.3 Å². The van der Waals surface area contributed by atoms with Gasteiger partial charge in [0.2, 0.25) is 0 Å². The largest absolute Gasteiger partial charge is 0.507 e. The van der Waals surface area contributed by atoms with E-state index < -0.39 is 17.7 Å². The van der Waals surface area contributed by atoms with Gasteiger partial charge in [0.15, 0.2) is 11.5 Å². The molecule has 0 aromatic heterocycles. The van der Waals surface area contributed by atoms with Gasteiger partial charge in [-0.3, -0.25) is 9.59 Å². The first kappa shape index (κ1) is 21.4. The number of likely N-dealkylation sites (N-methyl/N-ethyl adjacent to an activating group) is 1. The molecule has 0 unspecified atom stereocenters. The van der Waals surface area contributed by atoms with Gasteiger partial charge in [-0.15, -0.1) is 0 Å². The van der Waals surface area contributed by atoms with Crippen LogP contribution in [-0.2, 0) is 9.59 Å². The fourth-order valence-electron chi connectivity index (χ4n) is 3.54. The van der Waals surface area contributed by atoms with Crippen molar-refractivity contribution in [2.75, 3.05) is 41.4 Å². The summed E-state index contributed by atoms with van der Waals surface area (Å²) in [6, 6.07) is 13.4. The fourth-order valence-corrected chi connectivity index (χ4v) is 3.54. The Balaban J connectivity index is 2.14. The maximum Gasteiger partial charge on any atom is 0.295 e. The first-order valence-corrected chi connectivity index (χ1v) is 9.59. The van der Waals surface area contributed by atoms with Crippen LogP contribution in [0.15, 0.2) is 54.1 Å². The first-order valence-electron chi connectivity index (χ1n) is 9.59. The van der Waals surface area contributed by atoms with Crippen LogP contribution in [-0.4, -0.2) is 68.0 Å². The normalized spacial score (nSPS) is 18.2. The number of ketones is 1. The summed E-state index contributed by atoms with van der Waals surface area (Å²) in [4.78, 5) is 29.3. The predicted molar refractivity (Wildman–Crippen MR) is 114 cm³/mol. The van der Waals surface area contributed by atoms with Crippen LogP contribution < -0.4 is 9.47 Å². The minimum Gasteiger partial charge on any atom is -0.507 e. The van der Waals surface area contributed by atoms with E-state index >= 15 is 0 Å². The molecule has 3 rings (SSSR count). The average molecular weight is 410 g/mol. The van der Waals surface area contributed by atoms with Crippen molar-refractivity contribution >= 4 is 17.4 Å². The number of amides is 1. The van der Waals surface area contributed by atoms with Crippen LogP contribution in [0, 0.1) is 0 Å². The maximum atomic E-state index is 13.0. The average Bonchev–Trinajstić information content (AvgIpc) is 3.01.